The number of H-pyrrole nitrogens is 1. The van der Waals surface area contributed by atoms with Crippen molar-refractivity contribution < 1.29 is 12.8 Å². The van der Waals surface area contributed by atoms with E-state index in [1.54, 1.807) is 24.3 Å². The normalized spacial score (nSPS) is 12.7. The maximum absolute atomic E-state index is 13.2. The number of hydrogen-bond acceptors (Lipinski definition) is 3. The smallest absolute Gasteiger partial charge is 0.203 e. The lowest BCUT2D eigenvalue weighted by Crippen LogP contribution is -2.09. The first kappa shape index (κ1) is 15.0. The molecule has 1 heterocycles. The highest BCUT2D eigenvalue weighted by atomic mass is 35.5. The van der Waals surface area contributed by atoms with Crippen molar-refractivity contribution in [3.63, 3.8) is 0 Å². The predicted octanol–water partition coefficient (Wildman–Crippen LogP) is 3.26. The van der Waals surface area contributed by atoms with Gasteiger partial charge in [-0.3, -0.25) is 5.10 Å². The Morgan fingerprint density at radius 3 is 2.80 bits per heavy atom. The van der Waals surface area contributed by atoms with Crippen molar-refractivity contribution in [3.05, 3.63) is 51.9 Å². The van der Waals surface area contributed by atoms with Gasteiger partial charge in [0.2, 0.25) is 9.84 Å². The largest absolute Gasteiger partial charge is 0.265 e. The second-order valence-electron chi connectivity index (χ2n) is 3.95. The van der Waals surface area contributed by atoms with Gasteiger partial charge < -0.3 is 0 Å². The summed E-state index contributed by atoms with van der Waals surface area (Å²) in [4.78, 5) is 0. The van der Waals surface area contributed by atoms with Gasteiger partial charge in [0, 0.05) is 10.1 Å². The first-order valence-electron chi connectivity index (χ1n) is 5.42. The first-order chi connectivity index (χ1) is 9.38. The number of halogens is 3. The molecule has 2 rings (SSSR count). The van der Waals surface area contributed by atoms with Crippen molar-refractivity contribution in [2.45, 2.75) is 5.03 Å². The van der Waals surface area contributed by atoms with Gasteiger partial charge >= 0.3 is 0 Å². The second kappa shape index (κ2) is 5.95. The fourth-order valence-electron chi connectivity index (χ4n) is 1.55. The van der Waals surface area contributed by atoms with Crippen molar-refractivity contribution in [1.29, 1.82) is 0 Å². The molecule has 0 bridgehead atoms. The highest BCUT2D eigenvalue weighted by Gasteiger charge is 2.22. The Balaban J connectivity index is 2.24. The Bertz CT molecular complexity index is 756. The van der Waals surface area contributed by atoms with Gasteiger partial charge in [0.05, 0.1) is 11.9 Å². The summed E-state index contributed by atoms with van der Waals surface area (Å²) in [6, 6.07) is 6.75. The molecule has 0 saturated carbocycles. The number of rotatable bonds is 4. The van der Waals surface area contributed by atoms with E-state index in [4.69, 9.17) is 23.2 Å². The van der Waals surface area contributed by atoms with Crippen LogP contribution in [0.15, 0.2) is 40.5 Å². The van der Waals surface area contributed by atoms with Crippen LogP contribution >= 0.6 is 23.2 Å². The van der Waals surface area contributed by atoms with Crippen LogP contribution in [-0.4, -0.2) is 24.4 Å². The molecule has 0 aliphatic heterocycles. The Hall–Kier alpha value is -1.37. The SMILES string of the molecule is O=S(=O)(CC(Cl)=Cc1cccc(Cl)c1)c1[nH]ncc1F. The summed E-state index contributed by atoms with van der Waals surface area (Å²) >= 11 is 11.7. The summed E-state index contributed by atoms with van der Waals surface area (Å²) in [6.07, 6.45) is 2.25. The minimum absolute atomic E-state index is 0.0428. The molecular formula is C12H9Cl2FN2O2S. The van der Waals surface area contributed by atoms with Crippen LogP contribution in [0.25, 0.3) is 6.08 Å². The lowest BCUT2D eigenvalue weighted by Gasteiger charge is -2.02. The fraction of sp³-hybridized carbons (Fsp3) is 0.0833. The summed E-state index contributed by atoms with van der Waals surface area (Å²) in [7, 11) is -3.90. The summed E-state index contributed by atoms with van der Waals surface area (Å²) in [6.45, 7) is 0. The van der Waals surface area contributed by atoms with Gasteiger partial charge in [-0.1, -0.05) is 35.3 Å². The van der Waals surface area contributed by atoms with E-state index >= 15 is 0 Å². The van der Waals surface area contributed by atoms with Gasteiger partial charge in [0.25, 0.3) is 0 Å². The number of aromatic nitrogens is 2. The quantitative estimate of drug-likeness (QED) is 0.933. The molecule has 0 unspecified atom stereocenters. The molecule has 2 aromatic rings. The van der Waals surface area contributed by atoms with Gasteiger partial charge in [-0.25, -0.2) is 12.8 Å². The Kier molecular flexibility index (Phi) is 4.47. The molecule has 0 aliphatic carbocycles. The highest BCUT2D eigenvalue weighted by molar-refractivity contribution is 7.91. The van der Waals surface area contributed by atoms with E-state index in [0.717, 1.165) is 6.20 Å². The number of benzene rings is 1. The van der Waals surface area contributed by atoms with Gasteiger partial charge in [-0.2, -0.15) is 5.10 Å². The lowest BCUT2D eigenvalue weighted by molar-refractivity contribution is 0.564. The molecule has 1 aromatic carbocycles. The number of nitrogens with zero attached hydrogens (tertiary/aromatic N) is 1. The van der Waals surface area contributed by atoms with Crippen molar-refractivity contribution >= 4 is 39.1 Å². The maximum atomic E-state index is 13.2. The van der Waals surface area contributed by atoms with Gasteiger partial charge in [0.15, 0.2) is 10.8 Å². The van der Waals surface area contributed by atoms with Crippen LogP contribution in [0.4, 0.5) is 4.39 Å². The summed E-state index contributed by atoms with van der Waals surface area (Å²) in [5.74, 6) is -1.46. The molecule has 4 nitrogen and oxygen atoms in total. The molecule has 0 spiro atoms. The lowest BCUT2D eigenvalue weighted by atomic mass is 10.2. The average molecular weight is 335 g/mol. The molecule has 0 amide bonds. The Labute approximate surface area is 125 Å². The third-order valence-electron chi connectivity index (χ3n) is 2.37. The van der Waals surface area contributed by atoms with E-state index in [-0.39, 0.29) is 5.03 Å². The van der Waals surface area contributed by atoms with Crippen LogP contribution in [0, 0.1) is 5.82 Å². The minimum Gasteiger partial charge on any atom is -0.265 e. The molecule has 8 heteroatoms. The zero-order valence-electron chi connectivity index (χ0n) is 9.98. The molecule has 0 aliphatic rings. The van der Waals surface area contributed by atoms with Gasteiger partial charge in [0.1, 0.15) is 0 Å². The molecule has 1 aromatic heterocycles. The third kappa shape index (κ3) is 3.59. The molecule has 0 atom stereocenters. The molecule has 106 valence electrons. The first-order valence-corrected chi connectivity index (χ1v) is 7.82. The zero-order chi connectivity index (χ0) is 14.8. The molecular weight excluding hydrogens is 326 g/mol. The van der Waals surface area contributed by atoms with Crippen LogP contribution in [0.3, 0.4) is 0 Å². The molecule has 0 radical (unpaired) electrons. The molecule has 0 fully saturated rings. The summed E-state index contributed by atoms with van der Waals surface area (Å²) in [5, 5.41) is 5.41. The van der Waals surface area contributed by atoms with Crippen molar-refractivity contribution in [2.24, 2.45) is 0 Å². The topological polar surface area (TPSA) is 62.8 Å². The third-order valence-corrected chi connectivity index (χ3v) is 4.61. The van der Waals surface area contributed by atoms with E-state index < -0.39 is 26.4 Å². The van der Waals surface area contributed by atoms with Crippen molar-refractivity contribution in [2.75, 3.05) is 5.75 Å². The van der Waals surface area contributed by atoms with Crippen LogP contribution in [0.5, 0.6) is 0 Å². The fourth-order valence-corrected chi connectivity index (χ4v) is 3.44. The Morgan fingerprint density at radius 2 is 2.20 bits per heavy atom. The summed E-state index contributed by atoms with van der Waals surface area (Å²) < 4.78 is 37.1. The average Bonchev–Trinajstić information content (AvgIpc) is 2.75. The predicted molar refractivity (Wildman–Crippen MR) is 75.9 cm³/mol. The molecule has 1 N–H and O–H groups in total. The van der Waals surface area contributed by atoms with Crippen molar-refractivity contribution in [3.8, 4) is 0 Å². The van der Waals surface area contributed by atoms with E-state index in [1.165, 1.54) is 6.08 Å². The Morgan fingerprint density at radius 1 is 1.45 bits per heavy atom. The van der Waals surface area contributed by atoms with Crippen LogP contribution in [0.2, 0.25) is 5.02 Å². The van der Waals surface area contributed by atoms with E-state index in [9.17, 15) is 12.8 Å². The van der Waals surface area contributed by atoms with Gasteiger partial charge in [-0.05, 0) is 23.8 Å². The van der Waals surface area contributed by atoms with E-state index in [1.807, 2.05) is 0 Å². The van der Waals surface area contributed by atoms with Crippen molar-refractivity contribution in [1.82, 2.24) is 10.2 Å². The van der Waals surface area contributed by atoms with Crippen LogP contribution in [-0.2, 0) is 9.84 Å². The van der Waals surface area contributed by atoms with E-state index in [0.29, 0.717) is 10.6 Å². The molecule has 0 saturated heterocycles. The highest BCUT2D eigenvalue weighted by Crippen LogP contribution is 2.20. The number of sulfone groups is 1. The minimum atomic E-state index is -3.90. The van der Waals surface area contributed by atoms with Crippen LogP contribution < -0.4 is 0 Å². The van der Waals surface area contributed by atoms with E-state index in [2.05, 4.69) is 10.2 Å². The molecule has 20 heavy (non-hydrogen) atoms. The zero-order valence-corrected chi connectivity index (χ0v) is 12.3. The van der Waals surface area contributed by atoms with Crippen LogP contribution in [0.1, 0.15) is 5.56 Å². The number of nitrogens with one attached hydrogen (secondary N) is 1. The standard InChI is InChI=1S/C12H9Cl2FN2O2S/c13-9-3-1-2-8(4-9)5-10(14)7-20(18,19)12-11(15)6-16-17-12/h1-6H,7H2,(H,16,17). The summed E-state index contributed by atoms with van der Waals surface area (Å²) in [5.41, 5.74) is 0.655. The monoisotopic (exact) mass is 334 g/mol. The maximum Gasteiger partial charge on any atom is 0.203 e. The second-order valence-corrected chi connectivity index (χ2v) is 6.80. The number of aromatic amines is 1. The van der Waals surface area contributed by atoms with Gasteiger partial charge in [-0.15, -0.1) is 0 Å². The number of hydrogen-bond donors (Lipinski definition) is 1.